The first kappa shape index (κ1) is 16.7. The average Bonchev–Trinajstić information content (AvgIpc) is 2.13. The molecule has 0 spiro atoms. The second kappa shape index (κ2) is 7.24. The summed E-state index contributed by atoms with van der Waals surface area (Å²) >= 11 is 0. The first-order valence-corrected chi connectivity index (χ1v) is 6.47. The lowest BCUT2D eigenvalue weighted by Gasteiger charge is -2.31. The normalized spacial score (nSPS) is 11.4. The van der Waals surface area contributed by atoms with E-state index < -0.39 is 5.97 Å². The molecule has 0 aromatic rings. The van der Waals surface area contributed by atoms with Crippen LogP contribution in [0.25, 0.3) is 0 Å². The second-order valence-electron chi connectivity index (χ2n) is 5.73. The number of aliphatic carboxylic acids is 1. The van der Waals surface area contributed by atoms with Crippen molar-refractivity contribution in [1.82, 2.24) is 10.2 Å². The molecule has 0 rings (SSSR count). The van der Waals surface area contributed by atoms with Crippen LogP contribution in [0.3, 0.4) is 0 Å². The van der Waals surface area contributed by atoms with E-state index in [2.05, 4.69) is 12.2 Å². The summed E-state index contributed by atoms with van der Waals surface area (Å²) in [6.45, 7) is 10.0. The summed E-state index contributed by atoms with van der Waals surface area (Å²) in [5.74, 6) is -0.747. The van der Waals surface area contributed by atoms with E-state index >= 15 is 0 Å². The third-order valence-electron chi connectivity index (χ3n) is 2.52. The molecular formula is C13H26N2O3. The molecule has 18 heavy (non-hydrogen) atoms. The topological polar surface area (TPSA) is 69.6 Å². The van der Waals surface area contributed by atoms with Crippen LogP contribution in [-0.4, -0.2) is 40.6 Å². The number of hydrogen-bond donors (Lipinski definition) is 2. The number of urea groups is 1. The Hall–Kier alpha value is -1.26. The van der Waals surface area contributed by atoms with Gasteiger partial charge in [0.25, 0.3) is 0 Å². The lowest BCUT2D eigenvalue weighted by Crippen LogP contribution is -2.52. The van der Waals surface area contributed by atoms with Gasteiger partial charge in [0.05, 0.1) is 0 Å². The van der Waals surface area contributed by atoms with Gasteiger partial charge in [-0.25, -0.2) is 4.79 Å². The van der Waals surface area contributed by atoms with Crippen LogP contribution in [-0.2, 0) is 4.79 Å². The predicted octanol–water partition coefficient (Wildman–Crippen LogP) is 2.32. The van der Waals surface area contributed by atoms with Crippen LogP contribution in [0.5, 0.6) is 0 Å². The fraction of sp³-hybridized carbons (Fsp3) is 0.846. The van der Waals surface area contributed by atoms with Crippen molar-refractivity contribution in [3.05, 3.63) is 0 Å². The summed E-state index contributed by atoms with van der Waals surface area (Å²) in [4.78, 5) is 24.2. The molecule has 0 heterocycles. The summed E-state index contributed by atoms with van der Waals surface area (Å²) in [5.41, 5.74) is -0.306. The van der Waals surface area contributed by atoms with Gasteiger partial charge in [-0.2, -0.15) is 0 Å². The zero-order valence-electron chi connectivity index (χ0n) is 12.1. The number of hydrogen-bond acceptors (Lipinski definition) is 2. The minimum absolute atomic E-state index is 0.240. The van der Waals surface area contributed by atoms with Gasteiger partial charge in [-0.05, 0) is 26.2 Å². The van der Waals surface area contributed by atoms with Crippen molar-refractivity contribution in [1.29, 1.82) is 0 Å². The number of nitrogens with one attached hydrogen (secondary N) is 1. The smallest absolute Gasteiger partial charge is 0.323 e. The number of carbonyl (C=O) groups excluding carboxylic acids is 1. The Labute approximate surface area is 110 Å². The highest BCUT2D eigenvalue weighted by atomic mass is 16.4. The SMILES string of the molecule is CCCC(C)(C)NC(=O)N(CC(=O)O)CC(C)C. The Morgan fingerprint density at radius 2 is 1.89 bits per heavy atom. The van der Waals surface area contributed by atoms with E-state index in [0.29, 0.717) is 6.54 Å². The van der Waals surface area contributed by atoms with E-state index in [1.54, 1.807) is 0 Å². The molecule has 2 N–H and O–H groups in total. The second-order valence-corrected chi connectivity index (χ2v) is 5.73. The van der Waals surface area contributed by atoms with Crippen LogP contribution in [0.4, 0.5) is 4.79 Å². The lowest BCUT2D eigenvalue weighted by atomic mass is 9.99. The third-order valence-corrected chi connectivity index (χ3v) is 2.52. The average molecular weight is 258 g/mol. The van der Waals surface area contributed by atoms with Gasteiger partial charge in [0, 0.05) is 12.1 Å². The molecule has 0 atom stereocenters. The highest BCUT2D eigenvalue weighted by Gasteiger charge is 2.24. The van der Waals surface area contributed by atoms with Gasteiger partial charge >= 0.3 is 12.0 Å². The molecule has 0 fully saturated rings. The third kappa shape index (κ3) is 7.14. The standard InChI is InChI=1S/C13H26N2O3/c1-6-7-13(4,5)14-12(18)15(8-10(2)3)9-11(16)17/h10H,6-9H2,1-5H3,(H,14,18)(H,16,17). The van der Waals surface area contributed by atoms with Crippen molar-refractivity contribution in [3.8, 4) is 0 Å². The maximum Gasteiger partial charge on any atom is 0.323 e. The Morgan fingerprint density at radius 3 is 2.28 bits per heavy atom. The van der Waals surface area contributed by atoms with E-state index in [1.807, 2.05) is 27.7 Å². The van der Waals surface area contributed by atoms with Crippen LogP contribution < -0.4 is 5.32 Å². The minimum Gasteiger partial charge on any atom is -0.480 e. The molecule has 2 amide bonds. The summed E-state index contributed by atoms with van der Waals surface area (Å²) in [5, 5.41) is 11.7. The molecular weight excluding hydrogens is 232 g/mol. The Morgan fingerprint density at radius 1 is 1.33 bits per heavy atom. The molecule has 0 aliphatic carbocycles. The fourth-order valence-electron chi connectivity index (χ4n) is 1.88. The zero-order valence-corrected chi connectivity index (χ0v) is 12.1. The van der Waals surface area contributed by atoms with Gasteiger partial charge < -0.3 is 15.3 Å². The van der Waals surface area contributed by atoms with Crippen LogP contribution in [0.2, 0.25) is 0 Å². The number of amides is 2. The summed E-state index contributed by atoms with van der Waals surface area (Å²) in [7, 11) is 0. The molecule has 0 radical (unpaired) electrons. The lowest BCUT2D eigenvalue weighted by molar-refractivity contribution is -0.137. The van der Waals surface area contributed by atoms with Crippen LogP contribution in [0, 0.1) is 5.92 Å². The molecule has 0 saturated carbocycles. The van der Waals surface area contributed by atoms with E-state index in [4.69, 9.17) is 5.11 Å². The number of rotatable bonds is 7. The zero-order chi connectivity index (χ0) is 14.3. The molecule has 5 heteroatoms. The van der Waals surface area contributed by atoms with Crippen molar-refractivity contribution in [2.45, 2.75) is 53.0 Å². The molecule has 0 bridgehead atoms. The Kier molecular flexibility index (Phi) is 6.73. The van der Waals surface area contributed by atoms with Crippen molar-refractivity contribution in [2.75, 3.05) is 13.1 Å². The summed E-state index contributed by atoms with van der Waals surface area (Å²) < 4.78 is 0. The van der Waals surface area contributed by atoms with Crippen molar-refractivity contribution in [2.24, 2.45) is 5.92 Å². The highest BCUT2D eigenvalue weighted by molar-refractivity contribution is 5.80. The summed E-state index contributed by atoms with van der Waals surface area (Å²) in [6.07, 6.45) is 1.83. The first-order chi connectivity index (χ1) is 8.18. The Balaban J connectivity index is 4.59. The van der Waals surface area contributed by atoms with E-state index in [1.165, 1.54) is 4.90 Å². The molecule has 5 nitrogen and oxygen atoms in total. The number of nitrogens with zero attached hydrogens (tertiary/aromatic N) is 1. The number of carboxylic acids is 1. The fourth-order valence-corrected chi connectivity index (χ4v) is 1.88. The maximum atomic E-state index is 12.1. The van der Waals surface area contributed by atoms with Crippen molar-refractivity contribution >= 4 is 12.0 Å². The van der Waals surface area contributed by atoms with Gasteiger partial charge in [0.1, 0.15) is 6.54 Å². The largest absolute Gasteiger partial charge is 0.480 e. The Bertz CT molecular complexity index is 288. The van der Waals surface area contributed by atoms with Gasteiger partial charge in [-0.1, -0.05) is 27.2 Å². The minimum atomic E-state index is -0.987. The maximum absolute atomic E-state index is 12.1. The van der Waals surface area contributed by atoms with E-state index in [0.717, 1.165) is 12.8 Å². The van der Waals surface area contributed by atoms with Crippen molar-refractivity contribution < 1.29 is 14.7 Å². The monoisotopic (exact) mass is 258 g/mol. The molecule has 0 aliphatic rings. The summed E-state index contributed by atoms with van der Waals surface area (Å²) in [6, 6.07) is -0.301. The van der Waals surface area contributed by atoms with Crippen LogP contribution in [0.1, 0.15) is 47.5 Å². The predicted molar refractivity (Wildman–Crippen MR) is 71.6 cm³/mol. The van der Waals surface area contributed by atoms with Crippen molar-refractivity contribution in [3.63, 3.8) is 0 Å². The van der Waals surface area contributed by atoms with E-state index in [-0.39, 0.29) is 24.0 Å². The van der Waals surface area contributed by atoms with Crippen LogP contribution >= 0.6 is 0 Å². The van der Waals surface area contributed by atoms with Gasteiger partial charge in [-0.3, -0.25) is 4.79 Å². The number of carbonyl (C=O) groups is 2. The molecule has 0 unspecified atom stereocenters. The van der Waals surface area contributed by atoms with Crippen LogP contribution in [0.15, 0.2) is 0 Å². The highest BCUT2D eigenvalue weighted by Crippen LogP contribution is 2.11. The molecule has 0 aliphatic heterocycles. The molecule has 0 aromatic heterocycles. The first-order valence-electron chi connectivity index (χ1n) is 6.47. The van der Waals surface area contributed by atoms with Gasteiger partial charge in [-0.15, -0.1) is 0 Å². The van der Waals surface area contributed by atoms with Gasteiger partial charge in [0.2, 0.25) is 0 Å². The molecule has 0 saturated heterocycles. The van der Waals surface area contributed by atoms with E-state index in [9.17, 15) is 9.59 Å². The number of carboxylic acid groups (broad SMARTS) is 1. The molecule has 106 valence electrons. The van der Waals surface area contributed by atoms with Gasteiger partial charge in [0.15, 0.2) is 0 Å². The quantitative estimate of drug-likeness (QED) is 0.736. The molecule has 0 aromatic carbocycles.